The van der Waals surface area contributed by atoms with E-state index in [1.165, 1.54) is 12.8 Å². The topological polar surface area (TPSA) is 78.3 Å². The minimum absolute atomic E-state index is 0.106. The number of anilines is 2. The Bertz CT molecular complexity index is 1100. The fraction of sp³-hybridized carbons (Fsp3) is 0.389. The maximum absolute atomic E-state index is 11.6. The van der Waals surface area contributed by atoms with Gasteiger partial charge in [-0.2, -0.15) is 9.61 Å². The van der Waals surface area contributed by atoms with E-state index in [4.69, 9.17) is 4.98 Å². The van der Waals surface area contributed by atoms with Crippen LogP contribution in [-0.2, 0) is 0 Å². The molecular weight excluding hydrogens is 348 g/mol. The lowest BCUT2D eigenvalue weighted by Gasteiger charge is -2.21. The Hall–Kier alpha value is -2.61. The molecular formula is C18H22N6OS. The molecule has 136 valence electrons. The molecule has 3 aromatic rings. The molecule has 0 saturated heterocycles. The van der Waals surface area contributed by atoms with Crippen LogP contribution in [0.4, 0.5) is 11.6 Å². The number of fused-ring (bicyclic) bond motifs is 1. The fourth-order valence-electron chi connectivity index (χ4n) is 2.95. The molecule has 0 atom stereocenters. The van der Waals surface area contributed by atoms with Crippen LogP contribution < -0.4 is 25.0 Å². The highest BCUT2D eigenvalue weighted by molar-refractivity contribution is 7.07. The highest BCUT2D eigenvalue weighted by Gasteiger charge is 2.23. The van der Waals surface area contributed by atoms with Gasteiger partial charge in [-0.3, -0.25) is 4.79 Å². The van der Waals surface area contributed by atoms with Crippen molar-refractivity contribution in [2.24, 2.45) is 0 Å². The Morgan fingerprint density at radius 3 is 2.85 bits per heavy atom. The summed E-state index contributed by atoms with van der Waals surface area (Å²) in [4.78, 5) is 21.2. The van der Waals surface area contributed by atoms with Crippen molar-refractivity contribution >= 4 is 41.3 Å². The van der Waals surface area contributed by atoms with Crippen molar-refractivity contribution in [2.75, 3.05) is 23.3 Å². The lowest BCUT2D eigenvalue weighted by molar-refractivity contribution is 0.836. The van der Waals surface area contributed by atoms with E-state index in [9.17, 15) is 4.79 Å². The van der Waals surface area contributed by atoms with Crippen molar-refractivity contribution in [3.63, 3.8) is 0 Å². The molecule has 0 aliphatic heterocycles. The first kappa shape index (κ1) is 16.8. The van der Waals surface area contributed by atoms with Crippen molar-refractivity contribution < 1.29 is 0 Å². The summed E-state index contributed by atoms with van der Waals surface area (Å²) in [7, 11) is 0. The van der Waals surface area contributed by atoms with E-state index in [0.717, 1.165) is 51.8 Å². The molecule has 0 bridgehead atoms. The first-order chi connectivity index (χ1) is 12.6. The molecule has 0 radical (unpaired) electrons. The van der Waals surface area contributed by atoms with Gasteiger partial charge in [0.05, 0.1) is 16.1 Å². The predicted octanol–water partition coefficient (Wildman–Crippen LogP) is 1.14. The standard InChI is InChI=1S/C18H22N6OS/c1-4-23(5-2)15-9-16(21-13-6-7-13)24-17(22-15)12(10-19-24)8-14-11(3)20-18(25)26-14/h8-10,13,21H,3-7H2,1-2H3,(H,20,25)/b14-8-. The molecule has 4 rings (SSSR count). The largest absolute Gasteiger partial charge is 0.367 e. The van der Waals surface area contributed by atoms with E-state index in [1.807, 2.05) is 10.6 Å². The van der Waals surface area contributed by atoms with Gasteiger partial charge in [0.15, 0.2) is 5.65 Å². The number of hydrogen-bond acceptors (Lipinski definition) is 6. The highest BCUT2D eigenvalue weighted by Crippen LogP contribution is 2.28. The lowest BCUT2D eigenvalue weighted by Crippen LogP contribution is -2.24. The molecule has 0 spiro atoms. The van der Waals surface area contributed by atoms with Gasteiger partial charge in [0, 0.05) is 30.8 Å². The molecule has 26 heavy (non-hydrogen) atoms. The molecule has 0 aromatic carbocycles. The third-order valence-electron chi connectivity index (χ3n) is 4.54. The van der Waals surface area contributed by atoms with E-state index in [0.29, 0.717) is 11.4 Å². The van der Waals surface area contributed by atoms with Gasteiger partial charge >= 0.3 is 4.87 Å². The van der Waals surface area contributed by atoms with Gasteiger partial charge in [0.1, 0.15) is 11.6 Å². The summed E-state index contributed by atoms with van der Waals surface area (Å²) in [6.45, 7) is 9.92. The van der Waals surface area contributed by atoms with Crippen LogP contribution in [0, 0.1) is 0 Å². The summed E-state index contributed by atoms with van der Waals surface area (Å²) in [5.74, 6) is 1.88. The zero-order valence-corrected chi connectivity index (χ0v) is 15.8. The molecule has 1 saturated carbocycles. The maximum Gasteiger partial charge on any atom is 0.305 e. The van der Waals surface area contributed by atoms with E-state index in [2.05, 4.69) is 46.8 Å². The molecule has 0 unspecified atom stereocenters. The van der Waals surface area contributed by atoms with Crippen LogP contribution >= 0.6 is 11.3 Å². The first-order valence-electron chi connectivity index (χ1n) is 8.89. The monoisotopic (exact) mass is 370 g/mol. The molecule has 1 fully saturated rings. The van der Waals surface area contributed by atoms with Gasteiger partial charge in [-0.1, -0.05) is 17.9 Å². The fourth-order valence-corrected chi connectivity index (χ4v) is 3.68. The van der Waals surface area contributed by atoms with Crippen molar-refractivity contribution in [1.29, 1.82) is 0 Å². The molecule has 0 amide bonds. The Labute approximate surface area is 154 Å². The first-order valence-corrected chi connectivity index (χ1v) is 9.70. The number of rotatable bonds is 6. The van der Waals surface area contributed by atoms with Crippen molar-refractivity contribution in [2.45, 2.75) is 32.7 Å². The predicted molar refractivity (Wildman–Crippen MR) is 106 cm³/mol. The van der Waals surface area contributed by atoms with Gasteiger partial charge in [0.2, 0.25) is 0 Å². The number of hydrogen-bond donors (Lipinski definition) is 2. The molecule has 2 N–H and O–H groups in total. The normalized spacial score (nSPS) is 14.9. The van der Waals surface area contributed by atoms with E-state index in [-0.39, 0.29) is 4.87 Å². The number of aromatic amines is 1. The van der Waals surface area contributed by atoms with Crippen LogP contribution in [0.1, 0.15) is 32.3 Å². The SMILES string of the molecule is C=c1[nH]c(=O)s/c1=C\c1cnn2c(NC3CC3)cc(N(CC)CC)nc12. The average Bonchev–Trinajstić information content (AvgIpc) is 3.25. The van der Waals surface area contributed by atoms with Crippen LogP contribution in [-0.4, -0.2) is 38.7 Å². The number of thiazole rings is 1. The summed E-state index contributed by atoms with van der Waals surface area (Å²) in [6.07, 6.45) is 6.09. The second-order valence-electron chi connectivity index (χ2n) is 6.43. The Morgan fingerprint density at radius 2 is 2.23 bits per heavy atom. The van der Waals surface area contributed by atoms with Crippen LogP contribution in [0.2, 0.25) is 0 Å². The highest BCUT2D eigenvalue weighted by atomic mass is 32.1. The summed E-state index contributed by atoms with van der Waals surface area (Å²) in [5.41, 5.74) is 1.65. The number of nitrogens with one attached hydrogen (secondary N) is 2. The van der Waals surface area contributed by atoms with E-state index < -0.39 is 0 Å². The zero-order valence-electron chi connectivity index (χ0n) is 15.0. The third kappa shape index (κ3) is 3.12. The summed E-state index contributed by atoms with van der Waals surface area (Å²) in [6, 6.07) is 2.58. The quantitative estimate of drug-likeness (QED) is 0.680. The Kier molecular flexibility index (Phi) is 4.28. The third-order valence-corrected chi connectivity index (χ3v) is 5.41. The number of aromatic nitrogens is 4. The molecule has 1 aliphatic rings. The van der Waals surface area contributed by atoms with Crippen molar-refractivity contribution in [3.05, 3.63) is 37.4 Å². The lowest BCUT2D eigenvalue weighted by atomic mass is 10.3. The molecule has 8 heteroatoms. The van der Waals surface area contributed by atoms with E-state index >= 15 is 0 Å². The number of nitrogens with zero attached hydrogens (tertiary/aromatic N) is 4. The average molecular weight is 370 g/mol. The minimum Gasteiger partial charge on any atom is -0.367 e. The molecule has 3 heterocycles. The van der Waals surface area contributed by atoms with Crippen LogP contribution in [0.15, 0.2) is 17.1 Å². The van der Waals surface area contributed by atoms with Gasteiger partial charge in [-0.15, -0.1) is 0 Å². The molecule has 1 aliphatic carbocycles. The van der Waals surface area contributed by atoms with Crippen LogP contribution in [0.3, 0.4) is 0 Å². The van der Waals surface area contributed by atoms with Gasteiger partial charge in [0.25, 0.3) is 0 Å². The second-order valence-corrected chi connectivity index (χ2v) is 7.44. The van der Waals surface area contributed by atoms with E-state index in [1.54, 1.807) is 6.20 Å². The maximum atomic E-state index is 11.6. The molecule has 3 aromatic heterocycles. The zero-order chi connectivity index (χ0) is 18.3. The van der Waals surface area contributed by atoms with Crippen molar-refractivity contribution in [3.8, 4) is 0 Å². The van der Waals surface area contributed by atoms with Crippen molar-refractivity contribution in [1.82, 2.24) is 19.6 Å². The Morgan fingerprint density at radius 1 is 1.46 bits per heavy atom. The van der Waals surface area contributed by atoms with Crippen LogP contribution in [0.25, 0.3) is 18.3 Å². The Balaban J connectivity index is 1.90. The smallest absolute Gasteiger partial charge is 0.305 e. The van der Waals surface area contributed by atoms with Crippen LogP contribution in [0.5, 0.6) is 0 Å². The number of H-pyrrole nitrogens is 1. The van der Waals surface area contributed by atoms with Gasteiger partial charge in [-0.05, 0) is 32.8 Å². The van der Waals surface area contributed by atoms with Gasteiger partial charge < -0.3 is 15.2 Å². The van der Waals surface area contributed by atoms with Gasteiger partial charge in [-0.25, -0.2) is 4.98 Å². The second kappa shape index (κ2) is 6.60. The minimum atomic E-state index is -0.106. The summed E-state index contributed by atoms with van der Waals surface area (Å²) < 4.78 is 2.65. The summed E-state index contributed by atoms with van der Waals surface area (Å²) >= 11 is 1.15. The summed E-state index contributed by atoms with van der Waals surface area (Å²) in [5, 5.41) is 8.69. The molecule has 7 nitrogen and oxygen atoms in total.